The maximum atomic E-state index is 5.70. The van der Waals surface area contributed by atoms with Gasteiger partial charge in [-0.2, -0.15) is 0 Å². The third-order valence-corrected chi connectivity index (χ3v) is 2.87. The quantitative estimate of drug-likeness (QED) is 0.821. The summed E-state index contributed by atoms with van der Waals surface area (Å²) in [6, 6.07) is 6.17. The highest BCUT2D eigenvalue weighted by atomic mass is 16.3. The van der Waals surface area contributed by atoms with Gasteiger partial charge in [0.2, 0.25) is 0 Å². The molecule has 3 N–H and O–H groups in total. The Bertz CT molecular complexity index is 468. The van der Waals surface area contributed by atoms with Gasteiger partial charge in [-0.15, -0.1) is 0 Å². The predicted octanol–water partition coefficient (Wildman–Crippen LogP) is 2.54. The smallest absolute Gasteiger partial charge is 0.123 e. The molecule has 96 valence electrons. The molecule has 0 radical (unpaired) electrons. The van der Waals surface area contributed by atoms with E-state index in [0.29, 0.717) is 5.82 Å². The van der Waals surface area contributed by atoms with E-state index in [1.807, 2.05) is 18.2 Å². The average Bonchev–Trinajstić information content (AvgIpc) is 2.88. The number of aromatic nitrogens is 1. The van der Waals surface area contributed by atoms with Crippen molar-refractivity contribution >= 4 is 5.82 Å². The zero-order chi connectivity index (χ0) is 12.8. The minimum atomic E-state index is 0.255. The number of nitrogens with zero attached hydrogens (tertiary/aromatic N) is 1. The summed E-state index contributed by atoms with van der Waals surface area (Å²) in [5.74, 6) is 0.564. The second-order valence-corrected chi connectivity index (χ2v) is 4.36. The van der Waals surface area contributed by atoms with Crippen LogP contribution in [0.4, 0.5) is 5.82 Å². The number of furan rings is 1. The van der Waals surface area contributed by atoms with Crippen molar-refractivity contribution in [2.24, 2.45) is 0 Å². The van der Waals surface area contributed by atoms with Crippen molar-refractivity contribution in [3.63, 3.8) is 0 Å². The predicted molar refractivity (Wildman–Crippen MR) is 72.1 cm³/mol. The third-order valence-electron chi connectivity index (χ3n) is 2.87. The molecule has 2 heterocycles. The van der Waals surface area contributed by atoms with Gasteiger partial charge in [0.1, 0.15) is 5.82 Å². The van der Waals surface area contributed by atoms with Crippen molar-refractivity contribution in [3.8, 4) is 0 Å². The zero-order valence-electron chi connectivity index (χ0n) is 10.6. The first-order chi connectivity index (χ1) is 8.79. The number of rotatable bonds is 6. The van der Waals surface area contributed by atoms with Crippen LogP contribution >= 0.6 is 0 Å². The summed E-state index contributed by atoms with van der Waals surface area (Å²) in [7, 11) is 0. The van der Waals surface area contributed by atoms with E-state index in [9.17, 15) is 0 Å². The van der Waals surface area contributed by atoms with Crippen LogP contribution in [0, 0.1) is 0 Å². The lowest BCUT2D eigenvalue weighted by molar-refractivity contribution is 0.512. The molecule has 0 aliphatic carbocycles. The molecule has 0 aliphatic rings. The summed E-state index contributed by atoms with van der Waals surface area (Å²) < 4.78 is 5.16. The van der Waals surface area contributed by atoms with Crippen LogP contribution in [0.15, 0.2) is 41.3 Å². The van der Waals surface area contributed by atoms with Gasteiger partial charge in [-0.05, 0) is 43.1 Å². The highest BCUT2D eigenvalue weighted by Crippen LogP contribution is 2.19. The first-order valence-corrected chi connectivity index (χ1v) is 6.25. The molecule has 1 atom stereocenters. The fourth-order valence-electron chi connectivity index (χ4n) is 1.96. The first kappa shape index (κ1) is 12.6. The van der Waals surface area contributed by atoms with Crippen LogP contribution in [0.1, 0.15) is 30.5 Å². The highest BCUT2D eigenvalue weighted by Gasteiger charge is 2.12. The third kappa shape index (κ3) is 3.34. The summed E-state index contributed by atoms with van der Waals surface area (Å²) >= 11 is 0. The van der Waals surface area contributed by atoms with Gasteiger partial charge in [-0.1, -0.05) is 6.92 Å². The van der Waals surface area contributed by atoms with E-state index in [1.165, 1.54) is 11.1 Å². The van der Waals surface area contributed by atoms with Gasteiger partial charge < -0.3 is 15.5 Å². The van der Waals surface area contributed by atoms with Gasteiger partial charge in [0.25, 0.3) is 0 Å². The topological polar surface area (TPSA) is 64.1 Å². The lowest BCUT2D eigenvalue weighted by Crippen LogP contribution is -2.23. The molecule has 2 aromatic rings. The second-order valence-electron chi connectivity index (χ2n) is 4.36. The maximum absolute atomic E-state index is 5.70. The number of nitrogens with two attached hydrogens (primary N) is 1. The van der Waals surface area contributed by atoms with Gasteiger partial charge in [-0.25, -0.2) is 4.98 Å². The molecule has 0 aromatic carbocycles. The summed E-state index contributed by atoms with van der Waals surface area (Å²) in [5.41, 5.74) is 8.05. The number of hydrogen-bond donors (Lipinski definition) is 2. The number of anilines is 1. The summed E-state index contributed by atoms with van der Waals surface area (Å²) in [5, 5.41) is 3.52. The normalized spacial score (nSPS) is 12.5. The van der Waals surface area contributed by atoms with Crippen molar-refractivity contribution in [2.45, 2.75) is 25.8 Å². The number of nitrogens with one attached hydrogen (secondary N) is 1. The maximum Gasteiger partial charge on any atom is 0.123 e. The number of hydrogen-bond acceptors (Lipinski definition) is 4. The van der Waals surface area contributed by atoms with Crippen LogP contribution in [-0.2, 0) is 6.42 Å². The Hall–Kier alpha value is -1.81. The van der Waals surface area contributed by atoms with E-state index in [4.69, 9.17) is 10.2 Å². The van der Waals surface area contributed by atoms with Crippen molar-refractivity contribution < 1.29 is 4.42 Å². The minimum absolute atomic E-state index is 0.255. The van der Waals surface area contributed by atoms with Crippen LogP contribution in [0.25, 0.3) is 0 Å². The molecule has 4 nitrogen and oxygen atoms in total. The van der Waals surface area contributed by atoms with E-state index < -0.39 is 0 Å². The molecule has 0 saturated carbocycles. The van der Waals surface area contributed by atoms with Crippen molar-refractivity contribution in [2.75, 3.05) is 12.3 Å². The van der Waals surface area contributed by atoms with Crippen molar-refractivity contribution in [3.05, 3.63) is 48.0 Å². The van der Waals surface area contributed by atoms with Crippen LogP contribution in [0.3, 0.4) is 0 Å². The Balaban J connectivity index is 2.10. The van der Waals surface area contributed by atoms with Crippen LogP contribution in [0.5, 0.6) is 0 Å². The first-order valence-electron chi connectivity index (χ1n) is 6.25. The Kier molecular flexibility index (Phi) is 4.36. The molecule has 18 heavy (non-hydrogen) atoms. The van der Waals surface area contributed by atoms with Gasteiger partial charge in [0, 0.05) is 17.8 Å². The Morgan fingerprint density at radius 3 is 3.00 bits per heavy atom. The average molecular weight is 245 g/mol. The molecule has 1 unspecified atom stereocenters. The summed E-state index contributed by atoms with van der Waals surface area (Å²) in [6.07, 6.45) is 7.23. The molecular formula is C14H19N3O. The van der Waals surface area contributed by atoms with Gasteiger partial charge in [0.15, 0.2) is 0 Å². The Morgan fingerprint density at radius 1 is 1.44 bits per heavy atom. The molecule has 0 fully saturated rings. The Morgan fingerprint density at radius 2 is 2.33 bits per heavy atom. The largest absolute Gasteiger partial charge is 0.472 e. The van der Waals surface area contributed by atoms with E-state index in [-0.39, 0.29) is 6.04 Å². The SMILES string of the molecule is CCCNC(Cc1ccnc(N)c1)c1ccoc1. The molecule has 0 bridgehead atoms. The number of pyridine rings is 1. The molecule has 2 rings (SSSR count). The summed E-state index contributed by atoms with van der Waals surface area (Å²) in [6.45, 7) is 3.14. The van der Waals surface area contributed by atoms with Gasteiger partial charge in [0.05, 0.1) is 12.5 Å². The van der Waals surface area contributed by atoms with E-state index >= 15 is 0 Å². The molecule has 0 spiro atoms. The number of nitrogen functional groups attached to an aromatic ring is 1. The van der Waals surface area contributed by atoms with Gasteiger partial charge in [-0.3, -0.25) is 0 Å². The molecule has 2 aromatic heterocycles. The second kappa shape index (κ2) is 6.21. The highest BCUT2D eigenvalue weighted by molar-refractivity contribution is 5.33. The molecule has 0 amide bonds. The minimum Gasteiger partial charge on any atom is -0.472 e. The van der Waals surface area contributed by atoms with Crippen LogP contribution in [0.2, 0.25) is 0 Å². The van der Waals surface area contributed by atoms with Gasteiger partial charge >= 0.3 is 0 Å². The van der Waals surface area contributed by atoms with Crippen LogP contribution < -0.4 is 11.1 Å². The van der Waals surface area contributed by atoms with E-state index in [1.54, 1.807) is 18.7 Å². The molecular weight excluding hydrogens is 226 g/mol. The monoisotopic (exact) mass is 245 g/mol. The summed E-state index contributed by atoms with van der Waals surface area (Å²) in [4.78, 5) is 4.01. The van der Waals surface area contributed by atoms with E-state index in [2.05, 4.69) is 17.2 Å². The standard InChI is InChI=1S/C14H19N3O/c1-2-5-16-13(12-4-7-18-10-12)8-11-3-6-17-14(15)9-11/h3-4,6-7,9-10,13,16H,2,5,8H2,1H3,(H2,15,17). The lowest BCUT2D eigenvalue weighted by Gasteiger charge is -2.17. The molecule has 0 saturated heterocycles. The molecule has 4 heteroatoms. The fraction of sp³-hybridized carbons (Fsp3) is 0.357. The van der Waals surface area contributed by atoms with E-state index in [0.717, 1.165) is 19.4 Å². The van der Waals surface area contributed by atoms with Crippen molar-refractivity contribution in [1.82, 2.24) is 10.3 Å². The lowest BCUT2D eigenvalue weighted by atomic mass is 10.0. The Labute approximate surface area is 107 Å². The van der Waals surface area contributed by atoms with Crippen molar-refractivity contribution in [1.29, 1.82) is 0 Å². The molecule has 0 aliphatic heterocycles. The fourth-order valence-corrected chi connectivity index (χ4v) is 1.96. The van der Waals surface area contributed by atoms with Crippen LogP contribution in [-0.4, -0.2) is 11.5 Å². The zero-order valence-corrected chi connectivity index (χ0v) is 10.6.